The van der Waals surface area contributed by atoms with Crippen LogP contribution in [0.15, 0.2) is 0 Å². The molecule has 0 aromatic heterocycles. The molecule has 2 N–H and O–H groups in total. The van der Waals surface area contributed by atoms with E-state index in [-0.39, 0.29) is 18.7 Å². The number of amides is 1. The number of hydrogen-bond donors (Lipinski definition) is 2. The van der Waals surface area contributed by atoms with Crippen molar-refractivity contribution in [3.8, 4) is 0 Å². The lowest BCUT2D eigenvalue weighted by Gasteiger charge is -2.02. The Bertz CT molecular complexity index is 211. The molecule has 1 aliphatic carbocycles. The van der Waals surface area contributed by atoms with Crippen molar-refractivity contribution in [2.24, 2.45) is 5.92 Å². The normalized spacial score (nSPS) is 15.1. The first kappa shape index (κ1) is 11.0. The summed E-state index contributed by atoms with van der Waals surface area (Å²) in [6, 6.07) is 0. The van der Waals surface area contributed by atoms with Crippen LogP contribution in [-0.4, -0.2) is 23.5 Å². The van der Waals surface area contributed by atoms with E-state index in [0.29, 0.717) is 6.54 Å². The van der Waals surface area contributed by atoms with Gasteiger partial charge in [-0.2, -0.15) is 0 Å². The van der Waals surface area contributed by atoms with Gasteiger partial charge in [0.15, 0.2) is 0 Å². The zero-order valence-electron chi connectivity index (χ0n) is 8.29. The highest BCUT2D eigenvalue weighted by molar-refractivity contribution is 5.80. The summed E-state index contributed by atoms with van der Waals surface area (Å²) in [5.74, 6) is -0.174. The quantitative estimate of drug-likeness (QED) is 0.604. The summed E-state index contributed by atoms with van der Waals surface area (Å²) in [6.07, 6.45) is 4.91. The molecule has 0 bridgehead atoms. The maximum Gasteiger partial charge on any atom is 0.303 e. The largest absolute Gasteiger partial charge is 0.481 e. The third kappa shape index (κ3) is 5.56. The molecule has 0 spiro atoms. The van der Waals surface area contributed by atoms with Crippen molar-refractivity contribution < 1.29 is 14.7 Å². The number of nitrogens with one attached hydrogen (secondary N) is 1. The first-order valence-corrected chi connectivity index (χ1v) is 5.17. The minimum Gasteiger partial charge on any atom is -0.481 e. The fourth-order valence-corrected chi connectivity index (χ4v) is 1.33. The number of carboxylic acids is 1. The highest BCUT2D eigenvalue weighted by atomic mass is 16.4. The van der Waals surface area contributed by atoms with Crippen molar-refractivity contribution in [1.29, 1.82) is 0 Å². The molecule has 0 aromatic carbocycles. The highest BCUT2D eigenvalue weighted by Crippen LogP contribution is 2.33. The smallest absolute Gasteiger partial charge is 0.303 e. The van der Waals surface area contributed by atoms with E-state index in [4.69, 9.17) is 5.11 Å². The molecule has 4 heteroatoms. The average Bonchev–Trinajstić information content (AvgIpc) is 2.92. The van der Waals surface area contributed by atoms with E-state index in [9.17, 15) is 9.59 Å². The molecule has 4 nitrogen and oxygen atoms in total. The van der Waals surface area contributed by atoms with E-state index < -0.39 is 5.97 Å². The van der Waals surface area contributed by atoms with E-state index in [1.165, 1.54) is 19.3 Å². The van der Waals surface area contributed by atoms with Crippen molar-refractivity contribution in [2.75, 3.05) is 6.54 Å². The van der Waals surface area contributed by atoms with Gasteiger partial charge in [0, 0.05) is 13.0 Å². The third-order valence-corrected chi connectivity index (χ3v) is 2.37. The summed E-state index contributed by atoms with van der Waals surface area (Å²) >= 11 is 0. The Balaban J connectivity index is 1.88. The number of carbonyl (C=O) groups excluding carboxylic acids is 1. The number of hydrogen-bond acceptors (Lipinski definition) is 2. The van der Waals surface area contributed by atoms with Crippen LogP contribution in [0.2, 0.25) is 0 Å². The molecule has 0 atom stereocenters. The van der Waals surface area contributed by atoms with Crippen LogP contribution in [0.4, 0.5) is 0 Å². The fourth-order valence-electron chi connectivity index (χ4n) is 1.33. The van der Waals surface area contributed by atoms with Crippen LogP contribution in [0.5, 0.6) is 0 Å². The molecule has 1 amide bonds. The van der Waals surface area contributed by atoms with Crippen LogP contribution in [-0.2, 0) is 9.59 Å². The minimum absolute atomic E-state index is 0.0749. The van der Waals surface area contributed by atoms with Crippen LogP contribution in [0, 0.1) is 5.92 Å². The molecule has 0 aliphatic heterocycles. The van der Waals surface area contributed by atoms with Gasteiger partial charge in [0.25, 0.3) is 0 Å². The van der Waals surface area contributed by atoms with Crippen molar-refractivity contribution in [2.45, 2.75) is 38.5 Å². The maximum atomic E-state index is 11.0. The van der Waals surface area contributed by atoms with Crippen LogP contribution < -0.4 is 5.32 Å². The third-order valence-electron chi connectivity index (χ3n) is 2.37. The molecule has 0 saturated heterocycles. The van der Waals surface area contributed by atoms with Crippen molar-refractivity contribution in [1.82, 2.24) is 5.32 Å². The average molecular weight is 199 g/mol. The molecule has 1 fully saturated rings. The summed E-state index contributed by atoms with van der Waals surface area (Å²) in [6.45, 7) is 0.689. The molecule has 14 heavy (non-hydrogen) atoms. The zero-order chi connectivity index (χ0) is 10.4. The molecule has 0 radical (unpaired) electrons. The minimum atomic E-state index is -0.918. The van der Waals surface area contributed by atoms with Gasteiger partial charge < -0.3 is 10.4 Å². The highest BCUT2D eigenvalue weighted by Gasteiger charge is 2.20. The lowest BCUT2D eigenvalue weighted by Crippen LogP contribution is -2.24. The Morgan fingerprint density at radius 1 is 1.29 bits per heavy atom. The van der Waals surface area contributed by atoms with Gasteiger partial charge in [-0.1, -0.05) is 12.8 Å². The molecule has 0 heterocycles. The van der Waals surface area contributed by atoms with Gasteiger partial charge in [0.2, 0.25) is 5.91 Å². The Morgan fingerprint density at radius 3 is 2.57 bits per heavy atom. The SMILES string of the molecule is O=C(O)CCC(=O)NCCCC1CC1. The predicted octanol–water partition coefficient (Wildman–Crippen LogP) is 1.16. The summed E-state index contributed by atoms with van der Waals surface area (Å²) in [5, 5.41) is 11.1. The molecule has 0 unspecified atom stereocenters. The summed E-state index contributed by atoms with van der Waals surface area (Å²) in [5.41, 5.74) is 0. The Kier molecular flexibility index (Phi) is 4.43. The van der Waals surface area contributed by atoms with E-state index in [1.54, 1.807) is 0 Å². The monoisotopic (exact) mass is 199 g/mol. The molecule has 0 aromatic rings. The predicted molar refractivity (Wildman–Crippen MR) is 51.8 cm³/mol. The number of aliphatic carboxylic acids is 1. The van der Waals surface area contributed by atoms with Crippen molar-refractivity contribution >= 4 is 11.9 Å². The second kappa shape index (κ2) is 5.62. The fraction of sp³-hybridized carbons (Fsp3) is 0.800. The number of rotatable bonds is 7. The first-order valence-electron chi connectivity index (χ1n) is 5.17. The van der Waals surface area contributed by atoms with Gasteiger partial charge >= 0.3 is 5.97 Å². The molecule has 1 aliphatic rings. The van der Waals surface area contributed by atoms with E-state index in [2.05, 4.69) is 5.32 Å². The number of carbonyl (C=O) groups is 2. The van der Waals surface area contributed by atoms with Crippen LogP contribution in [0.3, 0.4) is 0 Å². The number of carboxylic acid groups (broad SMARTS) is 1. The van der Waals surface area contributed by atoms with Gasteiger partial charge in [-0.15, -0.1) is 0 Å². The maximum absolute atomic E-state index is 11.0. The molecule has 1 rings (SSSR count). The summed E-state index contributed by atoms with van der Waals surface area (Å²) in [4.78, 5) is 21.2. The topological polar surface area (TPSA) is 66.4 Å². The van der Waals surface area contributed by atoms with Gasteiger partial charge in [0.05, 0.1) is 6.42 Å². The van der Waals surface area contributed by atoms with Crippen molar-refractivity contribution in [3.05, 3.63) is 0 Å². The zero-order valence-corrected chi connectivity index (χ0v) is 8.29. The standard InChI is InChI=1S/C10H17NO3/c12-9(5-6-10(13)14)11-7-1-2-8-3-4-8/h8H,1-7H2,(H,11,12)(H,13,14). The van der Waals surface area contributed by atoms with Crippen LogP contribution >= 0.6 is 0 Å². The van der Waals surface area contributed by atoms with E-state index >= 15 is 0 Å². The molecular formula is C10H17NO3. The summed E-state index contributed by atoms with van der Waals surface area (Å²) < 4.78 is 0. The second-order valence-corrected chi connectivity index (χ2v) is 3.83. The van der Waals surface area contributed by atoms with Gasteiger partial charge in [-0.05, 0) is 18.8 Å². The van der Waals surface area contributed by atoms with Gasteiger partial charge in [0.1, 0.15) is 0 Å². The lowest BCUT2D eigenvalue weighted by atomic mass is 10.2. The molecule has 80 valence electrons. The van der Waals surface area contributed by atoms with E-state index in [1.807, 2.05) is 0 Å². The summed E-state index contributed by atoms with van der Waals surface area (Å²) in [7, 11) is 0. The van der Waals surface area contributed by atoms with Gasteiger partial charge in [-0.25, -0.2) is 0 Å². The van der Waals surface area contributed by atoms with Crippen LogP contribution in [0.1, 0.15) is 38.5 Å². The Hall–Kier alpha value is -1.06. The van der Waals surface area contributed by atoms with E-state index in [0.717, 1.165) is 12.3 Å². The molecular weight excluding hydrogens is 182 g/mol. The second-order valence-electron chi connectivity index (χ2n) is 3.83. The van der Waals surface area contributed by atoms with Gasteiger partial charge in [-0.3, -0.25) is 9.59 Å². The van der Waals surface area contributed by atoms with Crippen molar-refractivity contribution in [3.63, 3.8) is 0 Å². The lowest BCUT2D eigenvalue weighted by molar-refractivity contribution is -0.138. The first-order chi connectivity index (χ1) is 6.68. The molecule has 1 saturated carbocycles. The Labute approximate surface area is 83.7 Å². The van der Waals surface area contributed by atoms with Crippen LogP contribution in [0.25, 0.3) is 0 Å². The Morgan fingerprint density at radius 2 is 2.00 bits per heavy atom.